The van der Waals surface area contributed by atoms with Crippen molar-refractivity contribution in [1.29, 1.82) is 0 Å². The van der Waals surface area contributed by atoms with Crippen LogP contribution in [0.25, 0.3) is 5.57 Å². The quantitative estimate of drug-likeness (QED) is 0.299. The van der Waals surface area contributed by atoms with Gasteiger partial charge >= 0.3 is 0 Å². The number of carboxylic acids is 4. The van der Waals surface area contributed by atoms with E-state index in [4.69, 9.17) is 49.3 Å². The Hall–Kier alpha value is -4.49. The number of hydrogen-bond acceptors (Lipinski definition) is 12. The van der Waals surface area contributed by atoms with Crippen LogP contribution in [0.5, 0.6) is 5.75 Å². The van der Waals surface area contributed by atoms with Crippen molar-refractivity contribution in [3.8, 4) is 5.75 Å². The molecule has 3 aromatic rings. The zero-order chi connectivity index (χ0) is 29.9. The highest BCUT2D eigenvalue weighted by Gasteiger charge is 2.25. The molecule has 0 N–H and O–H groups in total. The number of ether oxygens (including phenoxy) is 1. The molecule has 0 unspecified atom stereocenters. The number of hydrogen-bond donors (Lipinski definition) is 0. The van der Waals surface area contributed by atoms with Gasteiger partial charge in [0.15, 0.2) is 0 Å². The lowest BCUT2D eigenvalue weighted by atomic mass is 9.94. The van der Waals surface area contributed by atoms with Crippen molar-refractivity contribution in [2.75, 3.05) is 26.7 Å². The van der Waals surface area contributed by atoms with E-state index in [1.807, 2.05) is 17.5 Å². The van der Waals surface area contributed by atoms with Gasteiger partial charge in [0.1, 0.15) is 11.6 Å². The third-order valence-electron chi connectivity index (χ3n) is 6.56. The topological polar surface area (TPSA) is 191 Å². The molecule has 0 spiro atoms. The predicted molar refractivity (Wildman–Crippen MR) is 139 cm³/mol. The number of imidazole rings is 1. The molecule has 0 atom stereocenters. The zero-order valence-corrected chi connectivity index (χ0v) is 23.0. The Morgan fingerprint density at radius 3 is 2.05 bits per heavy atom. The van der Waals surface area contributed by atoms with Crippen molar-refractivity contribution in [2.45, 2.75) is 32.2 Å². The van der Waals surface area contributed by atoms with E-state index in [1.165, 1.54) is 27.4 Å². The van der Waals surface area contributed by atoms with Crippen molar-refractivity contribution < 1.29 is 44.3 Å². The lowest BCUT2D eigenvalue weighted by Crippen LogP contribution is -2.42. The van der Waals surface area contributed by atoms with Crippen LogP contribution in [0.3, 0.4) is 0 Å². The fourth-order valence-electron chi connectivity index (χ4n) is 4.51. The minimum Gasteiger partial charge on any atom is -0.543 e. The number of methoxy groups -OCH3 is 1. The van der Waals surface area contributed by atoms with Gasteiger partial charge in [-0.05, 0) is 60.4 Å². The van der Waals surface area contributed by atoms with Crippen LogP contribution in [0.2, 0.25) is 0 Å². The van der Waals surface area contributed by atoms with Crippen molar-refractivity contribution in [1.82, 2.24) is 14.5 Å². The molecule has 0 radical (unpaired) electrons. The second kappa shape index (κ2) is 14.8. The van der Waals surface area contributed by atoms with E-state index >= 15 is 0 Å². The summed E-state index contributed by atoms with van der Waals surface area (Å²) in [5.74, 6) is -6.64. The SMILES string of the molecule is COc1ccc(CCN2CCC(=C3c4sccc4CCn4ccnc43)CC2)cc1.O=C([O-])C(=O)[O-].O=C([O-])C(=O)[O-]. The second-order valence-corrected chi connectivity index (χ2v) is 9.95. The lowest BCUT2D eigenvalue weighted by Gasteiger charge is -2.29. The molecule has 1 aromatic carbocycles. The van der Waals surface area contributed by atoms with Gasteiger partial charge < -0.3 is 53.8 Å². The van der Waals surface area contributed by atoms with Crippen LogP contribution in [0, 0.1) is 0 Å². The molecule has 0 bridgehead atoms. The highest BCUT2D eigenvalue weighted by molar-refractivity contribution is 7.11. The van der Waals surface area contributed by atoms with Gasteiger partial charge in [0.05, 0.1) is 31.0 Å². The molecule has 2 aromatic heterocycles. The van der Waals surface area contributed by atoms with E-state index in [9.17, 15) is 0 Å². The van der Waals surface area contributed by atoms with E-state index < -0.39 is 23.9 Å². The van der Waals surface area contributed by atoms with Crippen LogP contribution in [0.1, 0.15) is 34.7 Å². The number of thiophene rings is 1. The third-order valence-corrected chi connectivity index (χ3v) is 7.53. The van der Waals surface area contributed by atoms with Crippen LogP contribution in [-0.4, -0.2) is 65.1 Å². The van der Waals surface area contributed by atoms with Gasteiger partial charge in [-0.2, -0.15) is 0 Å². The van der Waals surface area contributed by atoms with Crippen LogP contribution >= 0.6 is 11.3 Å². The molecule has 5 rings (SSSR count). The van der Waals surface area contributed by atoms with E-state index in [2.05, 4.69) is 51.4 Å². The molecule has 2 aliphatic rings. The Morgan fingerprint density at radius 1 is 0.878 bits per heavy atom. The number of benzene rings is 1. The van der Waals surface area contributed by atoms with E-state index in [-0.39, 0.29) is 0 Å². The normalized spacial score (nSPS) is 14.2. The first-order chi connectivity index (χ1) is 19.6. The summed E-state index contributed by atoms with van der Waals surface area (Å²) in [5, 5.41) is 37.9. The predicted octanol–water partition coefficient (Wildman–Crippen LogP) is -2.38. The minimum absolute atomic E-state index is 0.928. The molecule has 2 aliphatic heterocycles. The molecule has 0 amide bonds. The molecule has 1 saturated heterocycles. The van der Waals surface area contributed by atoms with Gasteiger partial charge in [0.25, 0.3) is 0 Å². The number of carboxylic acid groups (broad SMARTS) is 4. The lowest BCUT2D eigenvalue weighted by molar-refractivity contribution is -0.345. The van der Waals surface area contributed by atoms with E-state index in [0.29, 0.717) is 0 Å². The Kier molecular flexibility index (Phi) is 11.2. The molecule has 0 aliphatic carbocycles. The summed E-state index contributed by atoms with van der Waals surface area (Å²) in [6.45, 7) is 4.42. The first-order valence-electron chi connectivity index (χ1n) is 12.6. The van der Waals surface area contributed by atoms with Crippen molar-refractivity contribution in [2.24, 2.45) is 0 Å². The second-order valence-electron chi connectivity index (χ2n) is 9.04. The van der Waals surface area contributed by atoms with E-state index in [0.717, 1.165) is 57.6 Å². The van der Waals surface area contributed by atoms with Crippen molar-refractivity contribution in [3.63, 3.8) is 0 Å². The van der Waals surface area contributed by atoms with Gasteiger partial charge in [0, 0.05) is 49.0 Å². The van der Waals surface area contributed by atoms with Crippen LogP contribution in [-0.2, 0) is 38.6 Å². The number of aliphatic carboxylic acids is 4. The molecule has 1 fully saturated rings. The number of fused-ring (bicyclic) bond motifs is 2. The van der Waals surface area contributed by atoms with Crippen molar-refractivity contribution in [3.05, 3.63) is 75.5 Å². The summed E-state index contributed by atoms with van der Waals surface area (Å²) in [4.78, 5) is 44.5. The monoisotopic (exact) mass is 581 g/mol. The molecule has 12 nitrogen and oxygen atoms in total. The number of carbonyl (C=O) groups excluding carboxylic acids is 4. The first-order valence-corrected chi connectivity index (χ1v) is 13.5. The smallest absolute Gasteiger partial charge is 0.141 e. The van der Waals surface area contributed by atoms with Crippen LogP contribution < -0.4 is 25.2 Å². The van der Waals surface area contributed by atoms with E-state index in [1.54, 1.807) is 12.7 Å². The van der Waals surface area contributed by atoms with Crippen LogP contribution in [0.15, 0.2) is 53.7 Å². The average molecular weight is 582 g/mol. The molecule has 218 valence electrons. The van der Waals surface area contributed by atoms with Crippen molar-refractivity contribution >= 4 is 40.8 Å². The number of carbonyl (C=O) groups is 4. The number of aryl methyl sites for hydroxylation is 2. The molecule has 41 heavy (non-hydrogen) atoms. The van der Waals surface area contributed by atoms with Gasteiger partial charge in [-0.3, -0.25) is 0 Å². The summed E-state index contributed by atoms with van der Waals surface area (Å²) >= 11 is 1.88. The maximum atomic E-state index is 8.93. The Bertz CT molecular complexity index is 1310. The largest absolute Gasteiger partial charge is 0.543 e. The Labute approximate surface area is 239 Å². The number of nitrogens with zero attached hydrogens (tertiary/aromatic N) is 3. The highest BCUT2D eigenvalue weighted by atomic mass is 32.1. The fourth-order valence-corrected chi connectivity index (χ4v) is 5.55. The molecule has 13 heteroatoms. The van der Waals surface area contributed by atoms with Gasteiger partial charge in [-0.15, -0.1) is 11.3 Å². The maximum absolute atomic E-state index is 8.93. The standard InChI is InChI=1S/C24H27N3OS.2C2H2O4/c1-28-21-4-2-18(3-5-21)6-12-26-13-7-19(8-14-26)22-23-20(10-17-29-23)9-15-27-16-11-25-24(22)27;2*3-1(4)2(5)6/h2-5,10-11,16-17H,6-9,12-15H2,1H3;2*(H,3,4)(H,5,6)/p-4. The summed E-state index contributed by atoms with van der Waals surface area (Å²) in [7, 11) is 1.72. The van der Waals surface area contributed by atoms with Crippen LogP contribution in [0.4, 0.5) is 0 Å². The molecule has 0 saturated carbocycles. The number of aromatic nitrogens is 2. The molecular formula is C28H27N3O9S-4. The molecule has 4 heterocycles. The average Bonchev–Trinajstić information content (AvgIpc) is 3.60. The Morgan fingerprint density at radius 2 is 1.49 bits per heavy atom. The maximum Gasteiger partial charge on any atom is 0.141 e. The number of rotatable bonds is 4. The summed E-state index contributed by atoms with van der Waals surface area (Å²) in [6.07, 6.45) is 8.57. The summed E-state index contributed by atoms with van der Waals surface area (Å²) in [6, 6.07) is 10.8. The van der Waals surface area contributed by atoms with Gasteiger partial charge in [-0.1, -0.05) is 17.7 Å². The number of piperidine rings is 1. The fraction of sp³-hybridized carbons (Fsp3) is 0.321. The summed E-state index contributed by atoms with van der Waals surface area (Å²) < 4.78 is 7.60. The Balaban J connectivity index is 0.000000326. The minimum atomic E-state index is -2.19. The summed E-state index contributed by atoms with van der Waals surface area (Å²) in [5.41, 5.74) is 5.88. The highest BCUT2D eigenvalue weighted by Crippen LogP contribution is 2.38. The number of likely N-dealkylation sites (tertiary alicyclic amines) is 1. The first kappa shape index (κ1) is 31.0. The van der Waals surface area contributed by atoms with Gasteiger partial charge in [0.2, 0.25) is 0 Å². The molecular weight excluding hydrogens is 554 g/mol. The third kappa shape index (κ3) is 8.75. The van der Waals surface area contributed by atoms with Gasteiger partial charge in [-0.25, -0.2) is 4.98 Å². The zero-order valence-electron chi connectivity index (χ0n) is 22.2.